The summed E-state index contributed by atoms with van der Waals surface area (Å²) in [6.45, 7) is 13.0. The lowest BCUT2D eigenvalue weighted by molar-refractivity contribution is 0.242. The predicted octanol–water partition coefficient (Wildman–Crippen LogP) is 13.8. The normalized spacial score (nSPS) is 23.0. The molecule has 118 heavy (non-hydrogen) atoms. The van der Waals surface area contributed by atoms with Crippen LogP contribution >= 0.6 is 23.2 Å². The number of pyridine rings is 1. The molecule has 19 rings (SSSR count). The quantitative estimate of drug-likeness (QED) is 0.0569. The molecule has 6 bridgehead atoms. The van der Waals surface area contributed by atoms with Crippen LogP contribution in [0.1, 0.15) is 179 Å². The molecule has 610 valence electrons. The second-order valence-corrected chi connectivity index (χ2v) is 42.6. The third-order valence-corrected chi connectivity index (χ3v) is 29.5. The number of halogens is 8. The summed E-state index contributed by atoms with van der Waals surface area (Å²) in [6, 6.07) is 22.3. The van der Waals surface area contributed by atoms with Gasteiger partial charge in [-0.3, -0.25) is 8.42 Å². The molecule has 4 fully saturated rings. The van der Waals surface area contributed by atoms with E-state index in [0.29, 0.717) is 64.6 Å². The Hall–Kier alpha value is -10.2. The van der Waals surface area contributed by atoms with Crippen LogP contribution < -0.4 is 0 Å². The number of fused-ring (bicyclic) bond motifs is 15. The standard InChI is InChI=1S/C28H27ClF2N6OS.C28H27F2N7O2S.C27H26ClF2N7OS/c1-27(2)18-8-10-28(27,26-17(18)14-21(34-35-26)25-19(30)6-5-7-20(25)31)22-12-16(29)13-24(33-22)37-15-32-23(36-37)9-11-39(3,4)38;1-26(2)17-7-9-28(26,23-16(17)13-20(34-35-23)22-18(29)5-4-6-19(22)30)21-8-12-31-25(33-21)37-15-32-24(36-37)27(10-11-27)14-40(3,38)39;1-26(2)17-5-8-27(26,24-16(17)13-20(34-35-24)23-18(29)11-15(28)12-19(23)30)21-6-9-31-25(33-21)37-14-32-22(36-37)7-10-39(3,4)38/h5-7,12-15,18H,3,8-11H2,1-2,4H3;4-6,8,12-13,15,17H,7,9-11,14H2,1-3H3;6,9,11-14,17H,3,5,7-8,10H2,1-2,4H3/t18-,28-,39?;17-,28-;17-,27-,39?/m000/s1. The van der Waals surface area contributed by atoms with Crippen molar-refractivity contribution in [3.8, 4) is 51.5 Å². The van der Waals surface area contributed by atoms with E-state index < -0.39 is 85.4 Å². The monoisotopic (exact) mass is 1700 g/mol. The zero-order valence-corrected chi connectivity index (χ0v) is 69.7. The summed E-state index contributed by atoms with van der Waals surface area (Å²) in [5.74, 6) is 6.94. The minimum atomic E-state index is -3.19. The van der Waals surface area contributed by atoms with Crippen molar-refractivity contribution in [2.75, 3.05) is 36.0 Å². The average molecular weight is 1700 g/mol. The van der Waals surface area contributed by atoms with Gasteiger partial charge >= 0.3 is 0 Å². The Morgan fingerprint density at radius 1 is 0.441 bits per heavy atom. The number of nitrogens with zero attached hydrogens (tertiary/aromatic N) is 20. The van der Waals surface area contributed by atoms with Crippen LogP contribution in [0, 0.1) is 51.1 Å². The molecule has 7 aliphatic rings. The van der Waals surface area contributed by atoms with Crippen molar-refractivity contribution in [3.05, 3.63) is 236 Å². The highest BCUT2D eigenvalue weighted by molar-refractivity contribution is 7.99. The summed E-state index contributed by atoms with van der Waals surface area (Å²) in [4.78, 5) is 36.8. The van der Waals surface area contributed by atoms with Gasteiger partial charge in [0, 0.05) is 77.0 Å². The third-order valence-electron chi connectivity index (χ3n) is 25.8. The first-order chi connectivity index (χ1) is 55.8. The molecule has 0 spiro atoms. The lowest BCUT2D eigenvalue weighted by Crippen LogP contribution is -2.38. The van der Waals surface area contributed by atoms with Crippen molar-refractivity contribution >= 4 is 63.8 Å². The molecule has 2 unspecified atom stereocenters. The zero-order valence-electron chi connectivity index (χ0n) is 65.7. The lowest BCUT2D eigenvalue weighted by atomic mass is 9.66. The van der Waals surface area contributed by atoms with Gasteiger partial charge in [0.05, 0.1) is 89.9 Å². The Kier molecular flexibility index (Phi) is 19.4. The molecule has 24 nitrogen and oxygen atoms in total. The van der Waals surface area contributed by atoms with E-state index in [9.17, 15) is 43.2 Å². The van der Waals surface area contributed by atoms with Crippen LogP contribution in [0.15, 0.2) is 122 Å². The van der Waals surface area contributed by atoms with E-state index >= 15 is 0 Å². The van der Waals surface area contributed by atoms with E-state index in [1.54, 1.807) is 66.5 Å². The number of hydrogen-bond acceptors (Lipinski definition) is 21. The highest BCUT2D eigenvalue weighted by Gasteiger charge is 2.68. The molecule has 8 atom stereocenters. The Balaban J connectivity index is 0.000000127. The number of sulfone groups is 1. The smallest absolute Gasteiger partial charge is 0.252 e. The van der Waals surface area contributed by atoms with Crippen molar-refractivity contribution in [2.24, 2.45) is 16.2 Å². The average Bonchev–Trinajstić information content (AvgIpc) is 1.52. The molecular formula is C83H80Cl2F6N20O4S3. The number of aromatic nitrogens is 20. The largest absolute Gasteiger partial charge is 0.268 e. The summed E-state index contributed by atoms with van der Waals surface area (Å²) in [6.07, 6.45) is 19.7. The van der Waals surface area contributed by atoms with Crippen molar-refractivity contribution in [1.29, 1.82) is 0 Å². The highest BCUT2D eigenvalue weighted by Crippen LogP contribution is 2.72. The van der Waals surface area contributed by atoms with Crippen LogP contribution in [0.4, 0.5) is 26.3 Å². The first kappa shape index (κ1) is 80.2. The first-order valence-electron chi connectivity index (χ1n) is 38.3. The van der Waals surface area contributed by atoms with Crippen LogP contribution in [0.3, 0.4) is 0 Å². The van der Waals surface area contributed by atoms with Gasteiger partial charge in [0.15, 0.2) is 23.3 Å². The Labute approximate surface area is 687 Å². The maximum atomic E-state index is 14.7. The van der Waals surface area contributed by atoms with Crippen LogP contribution in [-0.2, 0) is 63.4 Å². The number of benzene rings is 3. The second kappa shape index (κ2) is 28.5. The van der Waals surface area contributed by atoms with E-state index in [4.69, 9.17) is 38.2 Å². The maximum Gasteiger partial charge on any atom is 0.252 e. The predicted molar refractivity (Wildman–Crippen MR) is 435 cm³/mol. The minimum absolute atomic E-state index is 0.0117. The van der Waals surface area contributed by atoms with Gasteiger partial charge in [-0.05, 0) is 206 Å². The molecule has 0 radical (unpaired) electrons. The molecule has 0 aliphatic heterocycles. The van der Waals surface area contributed by atoms with Gasteiger partial charge in [-0.25, -0.2) is 79.3 Å². The van der Waals surface area contributed by atoms with Gasteiger partial charge in [0.2, 0.25) is 0 Å². The number of hydrogen-bond donors (Lipinski definition) is 0. The molecule has 12 aromatic rings. The fourth-order valence-electron chi connectivity index (χ4n) is 19.9. The summed E-state index contributed by atoms with van der Waals surface area (Å²) < 4.78 is 140. The number of rotatable bonds is 18. The van der Waals surface area contributed by atoms with Crippen LogP contribution in [-0.4, -0.2) is 164 Å². The van der Waals surface area contributed by atoms with Gasteiger partial charge in [-0.15, -0.1) is 30.6 Å². The van der Waals surface area contributed by atoms with Gasteiger partial charge in [0.25, 0.3) is 11.9 Å². The molecular weight excluding hydrogens is 1620 g/mol. The highest BCUT2D eigenvalue weighted by atomic mass is 35.5. The summed E-state index contributed by atoms with van der Waals surface area (Å²) in [5, 5.41) is 40.7. The van der Waals surface area contributed by atoms with Crippen LogP contribution in [0.2, 0.25) is 10.0 Å². The molecule has 0 amide bonds. The zero-order chi connectivity index (χ0) is 83.6. The van der Waals surface area contributed by atoms with Gasteiger partial charge < -0.3 is 0 Å². The molecule has 3 aromatic carbocycles. The van der Waals surface area contributed by atoms with E-state index in [1.165, 1.54) is 58.3 Å². The molecule has 35 heteroatoms. The van der Waals surface area contributed by atoms with E-state index in [2.05, 4.69) is 124 Å². The van der Waals surface area contributed by atoms with Gasteiger partial charge in [-0.2, -0.15) is 24.7 Å². The fraction of sp³-hybridized carbons (Fsp3) is 0.386. The summed E-state index contributed by atoms with van der Waals surface area (Å²) in [7, 11) is -7.50. The molecule has 0 saturated heterocycles. The first-order valence-corrected chi connectivity index (χ1v) is 45.7. The fourth-order valence-corrected chi connectivity index (χ4v) is 22.9. The van der Waals surface area contributed by atoms with Crippen molar-refractivity contribution < 1.29 is 43.2 Å². The SMILES string of the molecule is C=S(C)(=O)CCc1ncn(-c2cc(Cl)cc([C@@]34CC[C@@H](c5cc(-c6c(F)cccc6F)nnc53)C4(C)C)n2)n1.C=S(C)(=O)CCc1ncn(-c2nccc([C@@]34CC[C@@H](c5cc(-c6c(F)cc(Cl)cc6F)nnc53)C4(C)C)n2)n1.CC1(C)[C@H]2CC[C@]1(c1ccnc(-n3cnc(C4(CS(C)(=O)=O)CC4)n3)n1)c1nnc(-c3c(F)cccc3F)cc12. The molecule has 9 aromatic heterocycles. The molecule has 9 heterocycles. The molecule has 4 saturated carbocycles. The minimum Gasteiger partial charge on any atom is -0.268 e. The van der Waals surface area contributed by atoms with Crippen LogP contribution in [0.5, 0.6) is 0 Å². The Morgan fingerprint density at radius 3 is 1.24 bits per heavy atom. The van der Waals surface area contributed by atoms with E-state index in [1.807, 2.05) is 18.2 Å². The summed E-state index contributed by atoms with van der Waals surface area (Å²) in [5.41, 5.74) is 4.03. The van der Waals surface area contributed by atoms with E-state index in [0.717, 1.165) is 114 Å². The Morgan fingerprint density at radius 2 is 0.822 bits per heavy atom. The lowest BCUT2D eigenvalue weighted by Gasteiger charge is -2.37. The maximum absolute atomic E-state index is 14.7. The van der Waals surface area contributed by atoms with Gasteiger partial charge in [0.1, 0.15) is 63.7 Å². The van der Waals surface area contributed by atoms with Crippen molar-refractivity contribution in [3.63, 3.8) is 0 Å². The topological polar surface area (TPSA) is 302 Å². The third kappa shape index (κ3) is 13.3. The van der Waals surface area contributed by atoms with Crippen LogP contribution in [0.25, 0.3) is 51.5 Å². The van der Waals surface area contributed by atoms with Gasteiger partial charge in [-0.1, -0.05) is 76.9 Å². The van der Waals surface area contributed by atoms with Crippen molar-refractivity contribution in [2.45, 2.75) is 145 Å². The van der Waals surface area contributed by atoms with Crippen molar-refractivity contribution in [1.82, 2.24) is 99.8 Å². The molecule has 0 N–H and O–H groups in total. The number of aryl methyl sites for hydroxylation is 2. The summed E-state index contributed by atoms with van der Waals surface area (Å²) >= 11 is 12.4. The van der Waals surface area contributed by atoms with E-state index in [-0.39, 0.29) is 78.5 Å². The molecule has 7 aliphatic carbocycles. The Bertz CT molecular complexity index is 6440. The second-order valence-electron chi connectivity index (χ2n) is 34.1.